The van der Waals surface area contributed by atoms with Gasteiger partial charge in [0.05, 0.1) is 3.57 Å². The second kappa shape index (κ2) is 3.14. The van der Waals surface area contributed by atoms with Gasteiger partial charge in [0.15, 0.2) is 0 Å². The largest absolute Gasteiger partial charge is 0.321 e. The maximum Gasteiger partial charge on any atom is 0.262 e. The molecule has 0 aliphatic heterocycles. The summed E-state index contributed by atoms with van der Waals surface area (Å²) in [5, 5.41) is 1.12. The van der Waals surface area contributed by atoms with Gasteiger partial charge in [0.2, 0.25) is 0 Å². The maximum absolute atomic E-state index is 11.4. The van der Waals surface area contributed by atoms with Crippen molar-refractivity contribution in [3.05, 3.63) is 43.8 Å². The van der Waals surface area contributed by atoms with Gasteiger partial charge >= 0.3 is 0 Å². The molecule has 3 heteroatoms. The van der Waals surface area contributed by atoms with Crippen LogP contribution in [0.2, 0.25) is 0 Å². The topological polar surface area (TPSA) is 32.9 Å². The lowest BCUT2D eigenvalue weighted by Crippen LogP contribution is -2.11. The highest BCUT2D eigenvalue weighted by molar-refractivity contribution is 14.1. The number of benzene rings is 1. The van der Waals surface area contributed by atoms with Crippen molar-refractivity contribution in [3.8, 4) is 0 Å². The summed E-state index contributed by atoms with van der Waals surface area (Å²) in [4.78, 5) is 14.2. The van der Waals surface area contributed by atoms with Gasteiger partial charge in [-0.05, 0) is 41.1 Å². The Morgan fingerprint density at radius 3 is 2.77 bits per heavy atom. The number of H-pyrrole nitrogens is 1. The van der Waals surface area contributed by atoms with Crippen molar-refractivity contribution < 1.29 is 0 Å². The summed E-state index contributed by atoms with van der Waals surface area (Å²) in [5.41, 5.74) is 1.96. The first-order chi connectivity index (χ1) is 6.20. The lowest BCUT2D eigenvalue weighted by atomic mass is 10.1. The van der Waals surface area contributed by atoms with E-state index < -0.39 is 0 Å². The van der Waals surface area contributed by atoms with Gasteiger partial charge in [-0.3, -0.25) is 4.79 Å². The van der Waals surface area contributed by atoms with Crippen LogP contribution in [0.25, 0.3) is 10.9 Å². The molecule has 2 aromatic rings. The fourth-order valence-electron chi connectivity index (χ4n) is 1.38. The summed E-state index contributed by atoms with van der Waals surface area (Å²) in [5.74, 6) is 0. The smallest absolute Gasteiger partial charge is 0.262 e. The SMILES string of the molecule is Cc1c(I)c(=O)[nH]c2ccccc12. The average Bonchev–Trinajstić information content (AvgIpc) is 2.15. The van der Waals surface area contributed by atoms with Crippen LogP contribution in [0.3, 0.4) is 0 Å². The van der Waals surface area contributed by atoms with Crippen LogP contribution in [0, 0.1) is 10.5 Å². The van der Waals surface area contributed by atoms with Crippen LogP contribution in [0.5, 0.6) is 0 Å². The van der Waals surface area contributed by atoms with Crippen LogP contribution in [0.15, 0.2) is 29.1 Å². The second-order valence-corrected chi connectivity index (χ2v) is 4.02. The van der Waals surface area contributed by atoms with Crippen molar-refractivity contribution in [2.45, 2.75) is 6.92 Å². The Labute approximate surface area is 89.1 Å². The molecule has 0 bridgehead atoms. The quantitative estimate of drug-likeness (QED) is 0.741. The van der Waals surface area contributed by atoms with E-state index in [1.165, 1.54) is 0 Å². The van der Waals surface area contributed by atoms with Crippen LogP contribution in [0.1, 0.15) is 5.56 Å². The van der Waals surface area contributed by atoms with Gasteiger partial charge in [0, 0.05) is 10.9 Å². The van der Waals surface area contributed by atoms with E-state index in [1.807, 2.05) is 31.2 Å². The summed E-state index contributed by atoms with van der Waals surface area (Å²) in [6.45, 7) is 1.97. The van der Waals surface area contributed by atoms with E-state index in [4.69, 9.17) is 0 Å². The Kier molecular flexibility index (Phi) is 2.11. The van der Waals surface area contributed by atoms with E-state index in [0.717, 1.165) is 20.0 Å². The predicted octanol–water partition coefficient (Wildman–Crippen LogP) is 2.44. The van der Waals surface area contributed by atoms with Crippen LogP contribution < -0.4 is 5.56 Å². The number of halogens is 1. The van der Waals surface area contributed by atoms with E-state index in [2.05, 4.69) is 27.6 Å². The minimum atomic E-state index is -0.00296. The van der Waals surface area contributed by atoms with Crippen LogP contribution in [-0.2, 0) is 0 Å². The first-order valence-electron chi connectivity index (χ1n) is 3.97. The summed E-state index contributed by atoms with van der Waals surface area (Å²) >= 11 is 2.07. The molecule has 0 spiro atoms. The van der Waals surface area contributed by atoms with Crippen molar-refractivity contribution in [3.63, 3.8) is 0 Å². The fraction of sp³-hybridized carbons (Fsp3) is 0.100. The Hall–Kier alpha value is -0.840. The van der Waals surface area contributed by atoms with Gasteiger partial charge in [0.1, 0.15) is 0 Å². The van der Waals surface area contributed by atoms with Crippen molar-refractivity contribution >= 4 is 33.5 Å². The van der Waals surface area contributed by atoms with Gasteiger partial charge in [-0.2, -0.15) is 0 Å². The number of aryl methyl sites for hydroxylation is 1. The molecule has 1 N–H and O–H groups in total. The van der Waals surface area contributed by atoms with Gasteiger partial charge in [-0.25, -0.2) is 0 Å². The summed E-state index contributed by atoms with van der Waals surface area (Å²) in [6.07, 6.45) is 0. The minimum absolute atomic E-state index is 0.00296. The lowest BCUT2D eigenvalue weighted by molar-refractivity contribution is 1.24. The average molecular weight is 285 g/mol. The number of rotatable bonds is 0. The first kappa shape index (κ1) is 8.74. The van der Waals surface area contributed by atoms with Gasteiger partial charge in [-0.15, -0.1) is 0 Å². The molecule has 0 unspecified atom stereocenters. The summed E-state index contributed by atoms with van der Waals surface area (Å²) < 4.78 is 0.774. The maximum atomic E-state index is 11.4. The Balaban J connectivity index is 3.02. The third-order valence-electron chi connectivity index (χ3n) is 2.11. The number of hydrogen-bond donors (Lipinski definition) is 1. The molecule has 1 aromatic heterocycles. The van der Waals surface area contributed by atoms with Crippen molar-refractivity contribution in [1.82, 2.24) is 4.98 Å². The highest BCUT2D eigenvalue weighted by Gasteiger charge is 2.04. The van der Waals surface area contributed by atoms with Crippen molar-refractivity contribution in [1.29, 1.82) is 0 Å². The molecule has 0 saturated heterocycles. The zero-order valence-corrected chi connectivity index (χ0v) is 9.25. The Morgan fingerprint density at radius 1 is 1.31 bits per heavy atom. The van der Waals surface area contributed by atoms with Crippen LogP contribution in [0.4, 0.5) is 0 Å². The molecule has 1 aromatic carbocycles. The Bertz CT molecular complexity index is 516. The minimum Gasteiger partial charge on any atom is -0.321 e. The number of aromatic nitrogens is 1. The van der Waals surface area contributed by atoms with Crippen molar-refractivity contribution in [2.75, 3.05) is 0 Å². The molecule has 66 valence electrons. The predicted molar refractivity (Wildman–Crippen MR) is 62.0 cm³/mol. The third-order valence-corrected chi connectivity index (χ3v) is 3.41. The molecule has 1 heterocycles. The van der Waals surface area contributed by atoms with Gasteiger partial charge in [-0.1, -0.05) is 18.2 Å². The molecular weight excluding hydrogens is 277 g/mol. The van der Waals surface area contributed by atoms with E-state index in [1.54, 1.807) is 0 Å². The first-order valence-corrected chi connectivity index (χ1v) is 5.05. The summed E-state index contributed by atoms with van der Waals surface area (Å²) in [6, 6.07) is 7.83. The second-order valence-electron chi connectivity index (χ2n) is 2.94. The van der Waals surface area contributed by atoms with E-state index in [9.17, 15) is 4.79 Å². The Morgan fingerprint density at radius 2 is 2.00 bits per heavy atom. The highest BCUT2D eigenvalue weighted by atomic mass is 127. The molecule has 0 aliphatic rings. The third kappa shape index (κ3) is 1.37. The summed E-state index contributed by atoms with van der Waals surface area (Å²) in [7, 11) is 0. The van der Waals surface area contributed by atoms with E-state index in [-0.39, 0.29) is 5.56 Å². The molecule has 0 aliphatic carbocycles. The number of nitrogens with one attached hydrogen (secondary N) is 1. The number of fused-ring (bicyclic) bond motifs is 1. The van der Waals surface area contributed by atoms with E-state index >= 15 is 0 Å². The van der Waals surface area contributed by atoms with Crippen LogP contribution in [-0.4, -0.2) is 4.98 Å². The normalized spacial score (nSPS) is 10.6. The van der Waals surface area contributed by atoms with Crippen LogP contribution >= 0.6 is 22.6 Å². The monoisotopic (exact) mass is 285 g/mol. The molecule has 0 saturated carbocycles. The number of hydrogen-bond acceptors (Lipinski definition) is 1. The van der Waals surface area contributed by atoms with Gasteiger partial charge < -0.3 is 4.98 Å². The number of aromatic amines is 1. The fourth-order valence-corrected chi connectivity index (χ4v) is 1.81. The molecule has 2 nitrogen and oxygen atoms in total. The lowest BCUT2D eigenvalue weighted by Gasteiger charge is -2.02. The zero-order valence-electron chi connectivity index (χ0n) is 7.10. The molecule has 0 amide bonds. The standard InChI is InChI=1S/C10H8INO/c1-6-7-4-2-3-5-8(7)12-10(13)9(6)11/h2-5H,1H3,(H,12,13). The molecule has 0 fully saturated rings. The molecular formula is C10H8INO. The highest BCUT2D eigenvalue weighted by Crippen LogP contribution is 2.17. The zero-order chi connectivity index (χ0) is 9.42. The van der Waals surface area contributed by atoms with Gasteiger partial charge in [0.25, 0.3) is 5.56 Å². The molecule has 13 heavy (non-hydrogen) atoms. The molecule has 2 rings (SSSR count). The van der Waals surface area contributed by atoms with Crippen molar-refractivity contribution in [2.24, 2.45) is 0 Å². The number of pyridine rings is 1. The number of para-hydroxylation sites is 1. The van der Waals surface area contributed by atoms with E-state index in [0.29, 0.717) is 0 Å². The molecule has 0 atom stereocenters. The molecule has 0 radical (unpaired) electrons.